The third-order valence-corrected chi connectivity index (χ3v) is 3.63. The summed E-state index contributed by atoms with van der Waals surface area (Å²) in [4.78, 5) is 0. The van der Waals surface area contributed by atoms with E-state index in [4.69, 9.17) is 18.9 Å². The predicted molar refractivity (Wildman–Crippen MR) is 89.4 cm³/mol. The summed E-state index contributed by atoms with van der Waals surface area (Å²) in [6.07, 6.45) is 0. The third-order valence-electron chi connectivity index (χ3n) is 3.63. The minimum atomic E-state index is 0.505. The van der Waals surface area contributed by atoms with Gasteiger partial charge in [-0.05, 0) is 22.9 Å². The van der Waals surface area contributed by atoms with Crippen molar-refractivity contribution in [2.24, 2.45) is 0 Å². The molecule has 124 valence electrons. The molecule has 5 nitrogen and oxygen atoms in total. The van der Waals surface area contributed by atoms with Gasteiger partial charge in [-0.1, -0.05) is 24.3 Å². The van der Waals surface area contributed by atoms with Crippen molar-refractivity contribution >= 4 is 10.8 Å². The maximum absolute atomic E-state index is 5.86. The van der Waals surface area contributed by atoms with E-state index in [1.165, 1.54) is 0 Å². The van der Waals surface area contributed by atoms with Gasteiger partial charge in [0, 0.05) is 13.1 Å². The second kappa shape index (κ2) is 8.72. The molecule has 1 N–H and O–H groups in total. The first kappa shape index (κ1) is 16.1. The maximum atomic E-state index is 5.86. The van der Waals surface area contributed by atoms with E-state index in [9.17, 15) is 0 Å². The van der Waals surface area contributed by atoms with Gasteiger partial charge in [-0.15, -0.1) is 0 Å². The van der Waals surface area contributed by atoms with Crippen LogP contribution in [0.3, 0.4) is 0 Å². The van der Waals surface area contributed by atoms with Crippen LogP contribution in [0.4, 0.5) is 0 Å². The van der Waals surface area contributed by atoms with Crippen molar-refractivity contribution in [3.63, 3.8) is 0 Å². The van der Waals surface area contributed by atoms with Crippen molar-refractivity contribution in [2.75, 3.05) is 52.7 Å². The molecule has 2 aromatic carbocycles. The number of rotatable bonds is 0. The lowest BCUT2D eigenvalue weighted by atomic mass is 10.1. The second-order valence-corrected chi connectivity index (χ2v) is 5.32. The fourth-order valence-corrected chi connectivity index (χ4v) is 2.46. The normalized spacial score (nSPS) is 18.1. The van der Waals surface area contributed by atoms with Gasteiger partial charge < -0.3 is 24.3 Å². The van der Waals surface area contributed by atoms with Crippen LogP contribution in [-0.4, -0.2) is 52.7 Å². The summed E-state index contributed by atoms with van der Waals surface area (Å²) >= 11 is 0. The van der Waals surface area contributed by atoms with Gasteiger partial charge in [0.15, 0.2) is 11.5 Å². The topological polar surface area (TPSA) is 49.0 Å². The molecule has 0 aromatic heterocycles. The van der Waals surface area contributed by atoms with Crippen LogP contribution in [0.5, 0.6) is 11.5 Å². The van der Waals surface area contributed by atoms with Crippen molar-refractivity contribution in [2.45, 2.75) is 0 Å². The molecule has 0 unspecified atom stereocenters. The fourth-order valence-electron chi connectivity index (χ4n) is 2.46. The molecule has 3 rings (SSSR count). The zero-order valence-electron chi connectivity index (χ0n) is 13.3. The summed E-state index contributed by atoms with van der Waals surface area (Å²) in [6.45, 7) is 5.11. The molecule has 0 bridgehead atoms. The quantitative estimate of drug-likeness (QED) is 0.807. The molecule has 0 aliphatic carbocycles. The number of nitrogens with one attached hydrogen (secondary N) is 1. The van der Waals surface area contributed by atoms with Crippen molar-refractivity contribution in [3.8, 4) is 11.5 Å². The molecule has 0 radical (unpaired) electrons. The molecule has 5 heteroatoms. The Bertz CT molecular complexity index is 564. The van der Waals surface area contributed by atoms with E-state index < -0.39 is 0 Å². The van der Waals surface area contributed by atoms with Gasteiger partial charge in [0.25, 0.3) is 0 Å². The minimum absolute atomic E-state index is 0.505. The Kier molecular flexibility index (Phi) is 6.09. The monoisotopic (exact) mass is 317 g/mol. The molecule has 1 heterocycles. The lowest BCUT2D eigenvalue weighted by Gasteiger charge is -2.14. The Hall–Kier alpha value is -1.82. The average molecular weight is 317 g/mol. The number of ether oxygens (including phenoxy) is 4. The summed E-state index contributed by atoms with van der Waals surface area (Å²) in [5.74, 6) is 1.50. The molecule has 0 amide bonds. The highest BCUT2D eigenvalue weighted by molar-refractivity contribution is 5.86. The van der Waals surface area contributed by atoms with E-state index in [1.54, 1.807) is 0 Å². The number of hydrogen-bond acceptors (Lipinski definition) is 5. The average Bonchev–Trinajstić information content (AvgIpc) is 2.59. The second-order valence-electron chi connectivity index (χ2n) is 5.32. The van der Waals surface area contributed by atoms with Crippen LogP contribution in [0.15, 0.2) is 36.4 Å². The van der Waals surface area contributed by atoms with Crippen LogP contribution >= 0.6 is 0 Å². The molecular weight excluding hydrogens is 294 g/mol. The van der Waals surface area contributed by atoms with E-state index >= 15 is 0 Å². The van der Waals surface area contributed by atoms with Crippen molar-refractivity contribution < 1.29 is 18.9 Å². The first-order valence-corrected chi connectivity index (χ1v) is 8.08. The fraction of sp³-hybridized carbons (Fsp3) is 0.444. The highest BCUT2D eigenvalue weighted by Gasteiger charge is 2.08. The van der Waals surface area contributed by atoms with Crippen molar-refractivity contribution in [1.82, 2.24) is 5.32 Å². The van der Waals surface area contributed by atoms with Gasteiger partial charge in [0.1, 0.15) is 13.2 Å². The van der Waals surface area contributed by atoms with Gasteiger partial charge in [-0.2, -0.15) is 0 Å². The Morgan fingerprint density at radius 2 is 1.17 bits per heavy atom. The van der Waals surface area contributed by atoms with Crippen LogP contribution < -0.4 is 14.8 Å². The molecule has 23 heavy (non-hydrogen) atoms. The first-order chi connectivity index (χ1) is 11.4. The summed E-state index contributed by atoms with van der Waals surface area (Å²) < 4.78 is 22.8. The highest BCUT2D eigenvalue weighted by atomic mass is 16.6. The Balaban J connectivity index is 1.74. The Morgan fingerprint density at radius 3 is 1.70 bits per heavy atom. The minimum Gasteiger partial charge on any atom is -0.487 e. The molecular formula is C18H23NO4. The smallest absolute Gasteiger partial charge is 0.161 e. The molecule has 0 saturated carbocycles. The van der Waals surface area contributed by atoms with E-state index in [0.29, 0.717) is 39.6 Å². The van der Waals surface area contributed by atoms with E-state index in [0.717, 1.165) is 35.4 Å². The van der Waals surface area contributed by atoms with E-state index in [2.05, 4.69) is 17.4 Å². The van der Waals surface area contributed by atoms with E-state index in [1.807, 2.05) is 24.3 Å². The lowest BCUT2D eigenvalue weighted by molar-refractivity contribution is 0.0975. The van der Waals surface area contributed by atoms with Crippen LogP contribution in [0.2, 0.25) is 0 Å². The number of fused-ring (bicyclic) bond motifs is 2. The standard InChI is InChI=1S/C18H23NO4/c1-2-4-16-14-18-17(13-15(16)3-1)22-11-9-20-7-5-19-6-8-21-10-12-23-18/h1-4,13-14,19H,5-12H2. The first-order valence-electron chi connectivity index (χ1n) is 8.08. The zero-order valence-corrected chi connectivity index (χ0v) is 13.3. The van der Waals surface area contributed by atoms with E-state index in [-0.39, 0.29) is 0 Å². The molecule has 2 aromatic rings. The van der Waals surface area contributed by atoms with Gasteiger partial charge in [-0.3, -0.25) is 0 Å². The summed E-state index contributed by atoms with van der Waals surface area (Å²) in [5.41, 5.74) is 0. The summed E-state index contributed by atoms with van der Waals surface area (Å²) in [6, 6.07) is 12.2. The molecule has 0 fully saturated rings. The lowest BCUT2D eigenvalue weighted by Crippen LogP contribution is -2.25. The highest BCUT2D eigenvalue weighted by Crippen LogP contribution is 2.32. The summed E-state index contributed by atoms with van der Waals surface area (Å²) in [5, 5.41) is 5.53. The Labute approximate surface area is 136 Å². The number of hydrogen-bond donors (Lipinski definition) is 1. The van der Waals surface area contributed by atoms with Gasteiger partial charge >= 0.3 is 0 Å². The van der Waals surface area contributed by atoms with Crippen LogP contribution in [0.25, 0.3) is 10.8 Å². The van der Waals surface area contributed by atoms with Gasteiger partial charge in [0.05, 0.1) is 26.4 Å². The van der Waals surface area contributed by atoms with Crippen molar-refractivity contribution in [1.29, 1.82) is 0 Å². The third kappa shape index (κ3) is 4.82. The molecule has 0 spiro atoms. The SMILES string of the molecule is c1ccc2cc3c(cc2c1)OCCOCCNCCOCCO3. The van der Waals surface area contributed by atoms with Gasteiger partial charge in [-0.25, -0.2) is 0 Å². The Morgan fingerprint density at radius 1 is 0.652 bits per heavy atom. The summed E-state index contributed by atoms with van der Waals surface area (Å²) in [7, 11) is 0. The van der Waals surface area contributed by atoms with Crippen LogP contribution in [0, 0.1) is 0 Å². The van der Waals surface area contributed by atoms with Crippen LogP contribution in [-0.2, 0) is 9.47 Å². The largest absolute Gasteiger partial charge is 0.487 e. The predicted octanol–water partition coefficient (Wildman–Crippen LogP) is 2.23. The maximum Gasteiger partial charge on any atom is 0.161 e. The molecule has 0 saturated heterocycles. The van der Waals surface area contributed by atoms with Gasteiger partial charge in [0.2, 0.25) is 0 Å². The van der Waals surface area contributed by atoms with Crippen molar-refractivity contribution in [3.05, 3.63) is 36.4 Å². The molecule has 1 aliphatic heterocycles. The molecule has 1 aliphatic rings. The molecule has 0 atom stereocenters. The number of benzene rings is 2. The van der Waals surface area contributed by atoms with Crippen LogP contribution in [0.1, 0.15) is 0 Å². The zero-order chi connectivity index (χ0) is 15.7.